The van der Waals surface area contributed by atoms with Crippen LogP contribution in [0.4, 0.5) is 0 Å². The Morgan fingerprint density at radius 1 is 1.33 bits per heavy atom. The van der Waals surface area contributed by atoms with E-state index in [-0.39, 0.29) is 6.61 Å². The molecule has 0 radical (unpaired) electrons. The molecule has 1 aromatic rings. The normalized spacial score (nSPS) is 24.4. The lowest BCUT2D eigenvalue weighted by atomic mass is 9.94. The minimum Gasteiger partial charge on any atom is -0.480 e. The summed E-state index contributed by atoms with van der Waals surface area (Å²) in [5.74, 6) is -0.819. The van der Waals surface area contributed by atoms with E-state index in [9.17, 15) is 9.90 Å². The van der Waals surface area contributed by atoms with Gasteiger partial charge in [-0.05, 0) is 24.8 Å². The van der Waals surface area contributed by atoms with Gasteiger partial charge >= 0.3 is 5.97 Å². The highest BCUT2D eigenvalue weighted by molar-refractivity contribution is 5.79. The molecule has 1 fully saturated rings. The second kappa shape index (κ2) is 5.98. The van der Waals surface area contributed by atoms with Gasteiger partial charge in [-0.15, -0.1) is 0 Å². The molecule has 1 atom stereocenters. The Bertz CT molecular complexity index is 383. The zero-order valence-electron chi connectivity index (χ0n) is 10.4. The number of aliphatic carboxylic acids is 1. The minimum atomic E-state index is -0.938. The van der Waals surface area contributed by atoms with E-state index in [0.29, 0.717) is 19.6 Å². The number of hydrogen-bond acceptors (Lipinski definition) is 3. The molecule has 2 N–H and O–H groups in total. The van der Waals surface area contributed by atoms with Crippen LogP contribution < -0.4 is 5.32 Å². The number of carbonyl (C=O) groups is 1. The molecule has 98 valence electrons. The van der Waals surface area contributed by atoms with Crippen molar-refractivity contribution in [1.82, 2.24) is 5.32 Å². The summed E-state index contributed by atoms with van der Waals surface area (Å²) in [4.78, 5) is 11.5. The van der Waals surface area contributed by atoms with Crippen LogP contribution >= 0.6 is 0 Å². The van der Waals surface area contributed by atoms with E-state index >= 15 is 0 Å². The number of carboxylic acid groups (broad SMARTS) is 1. The van der Waals surface area contributed by atoms with E-state index in [1.165, 1.54) is 0 Å². The number of ether oxygens (including phenoxy) is 1. The fourth-order valence-electron chi connectivity index (χ4n) is 2.20. The van der Waals surface area contributed by atoms with Crippen LogP contribution in [0.15, 0.2) is 30.3 Å². The molecule has 1 aliphatic rings. The van der Waals surface area contributed by atoms with Crippen LogP contribution in [-0.2, 0) is 16.1 Å². The lowest BCUT2D eigenvalue weighted by Crippen LogP contribution is -2.54. The van der Waals surface area contributed by atoms with Gasteiger partial charge in [0.1, 0.15) is 5.54 Å². The highest BCUT2D eigenvalue weighted by Gasteiger charge is 2.39. The largest absolute Gasteiger partial charge is 0.480 e. The zero-order chi connectivity index (χ0) is 12.8. The van der Waals surface area contributed by atoms with E-state index in [2.05, 4.69) is 5.32 Å². The summed E-state index contributed by atoms with van der Waals surface area (Å²) in [5.41, 5.74) is 0.147. The molecule has 18 heavy (non-hydrogen) atoms. The van der Waals surface area contributed by atoms with Gasteiger partial charge in [-0.3, -0.25) is 10.1 Å². The standard InChI is InChI=1S/C14H19NO3/c16-13(17)14(8-4-5-9-18-11-14)15-10-12-6-2-1-3-7-12/h1-3,6-7,15H,4-5,8-11H2,(H,16,17). The summed E-state index contributed by atoms with van der Waals surface area (Å²) in [6.45, 7) is 1.45. The Morgan fingerprint density at radius 3 is 2.83 bits per heavy atom. The predicted octanol–water partition coefficient (Wildman–Crippen LogP) is 1.80. The molecule has 1 saturated heterocycles. The van der Waals surface area contributed by atoms with Crippen LogP contribution in [0.5, 0.6) is 0 Å². The zero-order valence-corrected chi connectivity index (χ0v) is 10.4. The molecule has 4 heteroatoms. The topological polar surface area (TPSA) is 58.6 Å². The summed E-state index contributed by atoms with van der Waals surface area (Å²) in [6, 6.07) is 9.83. The summed E-state index contributed by atoms with van der Waals surface area (Å²) < 4.78 is 5.42. The van der Waals surface area contributed by atoms with Crippen LogP contribution in [0, 0.1) is 0 Å². The fourth-order valence-corrected chi connectivity index (χ4v) is 2.20. The average Bonchev–Trinajstić information content (AvgIpc) is 2.64. The van der Waals surface area contributed by atoms with Gasteiger partial charge in [-0.2, -0.15) is 0 Å². The van der Waals surface area contributed by atoms with E-state index in [4.69, 9.17) is 4.74 Å². The van der Waals surface area contributed by atoms with Crippen molar-refractivity contribution in [2.24, 2.45) is 0 Å². The third kappa shape index (κ3) is 3.09. The van der Waals surface area contributed by atoms with Crippen LogP contribution in [0.1, 0.15) is 24.8 Å². The van der Waals surface area contributed by atoms with Crippen molar-refractivity contribution in [1.29, 1.82) is 0 Å². The highest BCUT2D eigenvalue weighted by Crippen LogP contribution is 2.20. The van der Waals surface area contributed by atoms with Gasteiger partial charge < -0.3 is 9.84 Å². The Balaban J connectivity index is 2.04. The van der Waals surface area contributed by atoms with Crippen molar-refractivity contribution in [3.05, 3.63) is 35.9 Å². The molecule has 4 nitrogen and oxygen atoms in total. The Morgan fingerprint density at radius 2 is 2.11 bits per heavy atom. The molecular weight excluding hydrogens is 230 g/mol. The maximum atomic E-state index is 11.5. The Labute approximate surface area is 107 Å². The third-order valence-corrected chi connectivity index (χ3v) is 3.37. The lowest BCUT2D eigenvalue weighted by Gasteiger charge is -2.28. The van der Waals surface area contributed by atoms with Crippen molar-refractivity contribution >= 4 is 5.97 Å². The Kier molecular flexibility index (Phi) is 4.33. The van der Waals surface area contributed by atoms with Crippen molar-refractivity contribution in [2.45, 2.75) is 31.3 Å². The van der Waals surface area contributed by atoms with Gasteiger partial charge in [-0.1, -0.05) is 30.3 Å². The van der Waals surface area contributed by atoms with Gasteiger partial charge in [0, 0.05) is 13.2 Å². The monoisotopic (exact) mass is 249 g/mol. The van der Waals surface area contributed by atoms with Crippen LogP contribution in [0.3, 0.4) is 0 Å². The van der Waals surface area contributed by atoms with Gasteiger partial charge in [0.2, 0.25) is 0 Å². The first kappa shape index (κ1) is 13.1. The van der Waals surface area contributed by atoms with Crippen molar-refractivity contribution < 1.29 is 14.6 Å². The number of nitrogens with one attached hydrogen (secondary N) is 1. The second-order valence-corrected chi connectivity index (χ2v) is 4.74. The molecule has 2 rings (SSSR count). The summed E-state index contributed by atoms with van der Waals surface area (Å²) in [6.07, 6.45) is 2.44. The number of hydrogen-bond donors (Lipinski definition) is 2. The molecule has 0 aliphatic carbocycles. The fraction of sp³-hybridized carbons (Fsp3) is 0.500. The van der Waals surface area contributed by atoms with E-state index in [1.54, 1.807) is 0 Å². The summed E-state index contributed by atoms with van der Waals surface area (Å²) in [5, 5.41) is 12.6. The first-order valence-corrected chi connectivity index (χ1v) is 6.33. The number of benzene rings is 1. The third-order valence-electron chi connectivity index (χ3n) is 3.37. The van der Waals surface area contributed by atoms with Gasteiger partial charge in [0.15, 0.2) is 0 Å². The van der Waals surface area contributed by atoms with Crippen LogP contribution in [0.2, 0.25) is 0 Å². The van der Waals surface area contributed by atoms with Gasteiger partial charge in [-0.25, -0.2) is 0 Å². The molecule has 1 heterocycles. The van der Waals surface area contributed by atoms with Gasteiger partial charge in [0.25, 0.3) is 0 Å². The molecule has 0 amide bonds. The van der Waals surface area contributed by atoms with Crippen LogP contribution in [-0.4, -0.2) is 29.8 Å². The number of rotatable bonds is 4. The molecule has 0 saturated carbocycles. The molecule has 0 aromatic heterocycles. The lowest BCUT2D eigenvalue weighted by molar-refractivity contribution is -0.147. The highest BCUT2D eigenvalue weighted by atomic mass is 16.5. The second-order valence-electron chi connectivity index (χ2n) is 4.74. The van der Waals surface area contributed by atoms with Crippen molar-refractivity contribution in [2.75, 3.05) is 13.2 Å². The predicted molar refractivity (Wildman–Crippen MR) is 68.3 cm³/mol. The molecule has 1 aliphatic heterocycles. The Hall–Kier alpha value is -1.39. The van der Waals surface area contributed by atoms with Crippen LogP contribution in [0.25, 0.3) is 0 Å². The average molecular weight is 249 g/mol. The summed E-state index contributed by atoms with van der Waals surface area (Å²) in [7, 11) is 0. The maximum Gasteiger partial charge on any atom is 0.326 e. The van der Waals surface area contributed by atoms with Crippen molar-refractivity contribution in [3.8, 4) is 0 Å². The smallest absolute Gasteiger partial charge is 0.326 e. The molecule has 1 aromatic carbocycles. The number of carboxylic acids is 1. The summed E-state index contributed by atoms with van der Waals surface area (Å²) >= 11 is 0. The molecule has 0 bridgehead atoms. The van der Waals surface area contributed by atoms with E-state index in [0.717, 1.165) is 18.4 Å². The first-order valence-electron chi connectivity index (χ1n) is 6.33. The van der Waals surface area contributed by atoms with Gasteiger partial charge in [0.05, 0.1) is 6.61 Å². The molecule has 0 spiro atoms. The van der Waals surface area contributed by atoms with E-state index < -0.39 is 11.5 Å². The van der Waals surface area contributed by atoms with Crippen molar-refractivity contribution in [3.63, 3.8) is 0 Å². The molecular formula is C14H19NO3. The SMILES string of the molecule is O=C(O)C1(NCc2ccccc2)CCCCOC1. The molecule has 1 unspecified atom stereocenters. The van der Waals surface area contributed by atoms with E-state index in [1.807, 2.05) is 30.3 Å². The first-order chi connectivity index (χ1) is 8.73. The quantitative estimate of drug-likeness (QED) is 0.854. The minimum absolute atomic E-state index is 0.245. The maximum absolute atomic E-state index is 11.5.